The van der Waals surface area contributed by atoms with Crippen molar-refractivity contribution in [1.29, 1.82) is 0 Å². The highest BCUT2D eigenvalue weighted by molar-refractivity contribution is 5.62. The lowest BCUT2D eigenvalue weighted by molar-refractivity contribution is -0.179. The summed E-state index contributed by atoms with van der Waals surface area (Å²) < 4.78 is 29.3. The van der Waals surface area contributed by atoms with Gasteiger partial charge in [0.2, 0.25) is 5.92 Å². The van der Waals surface area contributed by atoms with Gasteiger partial charge < -0.3 is 9.53 Å². The van der Waals surface area contributed by atoms with Crippen molar-refractivity contribution in [2.45, 2.75) is 18.8 Å². The van der Waals surface area contributed by atoms with Crippen molar-refractivity contribution in [2.75, 3.05) is 13.7 Å². The van der Waals surface area contributed by atoms with Gasteiger partial charge >= 0.3 is 0 Å². The molecule has 0 aromatic carbocycles. The van der Waals surface area contributed by atoms with Gasteiger partial charge in [0.05, 0.1) is 12.0 Å². The molecule has 0 radical (unpaired) electrons. The summed E-state index contributed by atoms with van der Waals surface area (Å²) in [6.07, 6.45) is -0.150. The second kappa shape index (κ2) is 2.52. The lowest BCUT2D eigenvalue weighted by Crippen LogP contribution is -2.49. The maximum absolute atomic E-state index is 12.3. The molecule has 0 saturated heterocycles. The molecule has 2 nitrogen and oxygen atoms in total. The van der Waals surface area contributed by atoms with E-state index in [2.05, 4.69) is 4.74 Å². The molecule has 0 atom stereocenters. The Morgan fingerprint density at radius 1 is 1.55 bits per heavy atom. The van der Waals surface area contributed by atoms with Gasteiger partial charge in [-0.25, -0.2) is 8.78 Å². The molecule has 0 N–H and O–H groups in total. The molecular weight excluding hydrogens is 154 g/mol. The maximum Gasteiger partial charge on any atom is 0.250 e. The largest absolute Gasteiger partial charge is 0.384 e. The van der Waals surface area contributed by atoms with E-state index in [-0.39, 0.29) is 19.4 Å². The Morgan fingerprint density at radius 2 is 2.09 bits per heavy atom. The average molecular weight is 164 g/mol. The van der Waals surface area contributed by atoms with Gasteiger partial charge in [0.15, 0.2) is 0 Å². The van der Waals surface area contributed by atoms with Gasteiger partial charge in [-0.2, -0.15) is 0 Å². The average Bonchev–Trinajstić information content (AvgIpc) is 1.84. The first-order valence-electron chi connectivity index (χ1n) is 3.37. The number of carbonyl (C=O) groups excluding carboxylic acids is 1. The lowest BCUT2D eigenvalue weighted by Gasteiger charge is -2.42. The number of hydrogen-bond donors (Lipinski definition) is 0. The summed E-state index contributed by atoms with van der Waals surface area (Å²) in [6.45, 7) is 0.103. The third kappa shape index (κ3) is 1.56. The fourth-order valence-corrected chi connectivity index (χ4v) is 1.49. The first-order valence-corrected chi connectivity index (χ1v) is 3.37. The number of alkyl halides is 2. The van der Waals surface area contributed by atoms with E-state index in [1.807, 2.05) is 0 Å². The molecule has 0 aromatic rings. The molecule has 0 bridgehead atoms. The molecule has 0 amide bonds. The van der Waals surface area contributed by atoms with Crippen LogP contribution in [0.3, 0.4) is 0 Å². The van der Waals surface area contributed by atoms with Crippen LogP contribution in [0.2, 0.25) is 0 Å². The fourth-order valence-electron chi connectivity index (χ4n) is 1.49. The van der Waals surface area contributed by atoms with Gasteiger partial charge in [0.25, 0.3) is 0 Å². The Labute approximate surface area is 63.5 Å². The van der Waals surface area contributed by atoms with Crippen molar-refractivity contribution >= 4 is 6.29 Å². The van der Waals surface area contributed by atoms with Crippen LogP contribution in [0.1, 0.15) is 12.8 Å². The molecule has 0 spiro atoms. The zero-order valence-corrected chi connectivity index (χ0v) is 6.27. The number of carbonyl (C=O) groups is 1. The van der Waals surface area contributed by atoms with Crippen molar-refractivity contribution in [1.82, 2.24) is 0 Å². The Hall–Kier alpha value is -0.510. The van der Waals surface area contributed by atoms with Crippen LogP contribution in [-0.4, -0.2) is 25.9 Å². The highest BCUT2D eigenvalue weighted by Crippen LogP contribution is 2.50. The number of methoxy groups -OCH3 is 1. The van der Waals surface area contributed by atoms with Gasteiger partial charge in [-0.3, -0.25) is 0 Å². The Balaban J connectivity index is 2.49. The third-order valence-corrected chi connectivity index (χ3v) is 1.90. The second-order valence-electron chi connectivity index (χ2n) is 3.12. The lowest BCUT2D eigenvalue weighted by atomic mass is 9.68. The molecular formula is C7H10F2O2. The molecule has 1 rings (SSSR count). The topological polar surface area (TPSA) is 26.3 Å². The zero-order valence-electron chi connectivity index (χ0n) is 6.27. The van der Waals surface area contributed by atoms with Crippen molar-refractivity contribution in [3.63, 3.8) is 0 Å². The molecule has 64 valence electrons. The Morgan fingerprint density at radius 3 is 2.36 bits per heavy atom. The van der Waals surface area contributed by atoms with Gasteiger partial charge in [0.1, 0.15) is 6.29 Å². The van der Waals surface area contributed by atoms with E-state index in [1.54, 1.807) is 0 Å². The van der Waals surface area contributed by atoms with Gasteiger partial charge in [-0.05, 0) is 0 Å². The second-order valence-corrected chi connectivity index (χ2v) is 3.12. The maximum atomic E-state index is 12.3. The SMILES string of the molecule is COCC1(C=O)CC(F)(F)C1. The van der Waals surface area contributed by atoms with E-state index in [1.165, 1.54) is 7.11 Å². The van der Waals surface area contributed by atoms with Crippen LogP contribution in [-0.2, 0) is 9.53 Å². The van der Waals surface area contributed by atoms with Crippen LogP contribution < -0.4 is 0 Å². The number of rotatable bonds is 3. The molecule has 1 fully saturated rings. The van der Waals surface area contributed by atoms with E-state index in [9.17, 15) is 13.6 Å². The van der Waals surface area contributed by atoms with E-state index >= 15 is 0 Å². The smallest absolute Gasteiger partial charge is 0.250 e. The quantitative estimate of drug-likeness (QED) is 0.587. The van der Waals surface area contributed by atoms with Crippen molar-refractivity contribution in [3.8, 4) is 0 Å². The van der Waals surface area contributed by atoms with E-state index in [4.69, 9.17) is 0 Å². The molecule has 0 unspecified atom stereocenters. The summed E-state index contributed by atoms with van der Waals surface area (Å²) in [7, 11) is 1.40. The molecule has 0 heterocycles. The summed E-state index contributed by atoms with van der Waals surface area (Å²) in [5, 5.41) is 0. The number of aldehydes is 1. The summed E-state index contributed by atoms with van der Waals surface area (Å²) >= 11 is 0. The highest BCUT2D eigenvalue weighted by Gasteiger charge is 2.56. The molecule has 0 aliphatic heterocycles. The number of ether oxygens (including phenoxy) is 1. The van der Waals surface area contributed by atoms with E-state index in [0.717, 1.165) is 0 Å². The summed E-state index contributed by atoms with van der Waals surface area (Å²) in [4.78, 5) is 10.4. The zero-order chi connectivity index (χ0) is 8.54. The van der Waals surface area contributed by atoms with Crippen molar-refractivity contribution in [2.24, 2.45) is 5.41 Å². The van der Waals surface area contributed by atoms with E-state index in [0.29, 0.717) is 6.29 Å². The summed E-state index contributed by atoms with van der Waals surface area (Å²) in [5.74, 6) is -2.65. The molecule has 1 aliphatic rings. The monoisotopic (exact) mass is 164 g/mol. The highest BCUT2D eigenvalue weighted by atomic mass is 19.3. The standard InChI is InChI=1S/C7H10F2O2/c1-11-5-6(4-10)2-7(8,9)3-6/h4H,2-3,5H2,1H3. The Kier molecular flexibility index (Phi) is 1.96. The first-order chi connectivity index (χ1) is 5.04. The van der Waals surface area contributed by atoms with Crippen molar-refractivity contribution < 1.29 is 18.3 Å². The van der Waals surface area contributed by atoms with Gasteiger partial charge in [-0.1, -0.05) is 0 Å². The van der Waals surface area contributed by atoms with Crippen LogP contribution in [0.25, 0.3) is 0 Å². The molecule has 4 heteroatoms. The predicted molar refractivity (Wildman–Crippen MR) is 34.6 cm³/mol. The normalized spacial score (nSPS) is 25.7. The first kappa shape index (κ1) is 8.59. The number of halogens is 2. The number of hydrogen-bond acceptors (Lipinski definition) is 2. The van der Waals surface area contributed by atoms with Crippen LogP contribution in [0.5, 0.6) is 0 Å². The Bertz CT molecular complexity index is 160. The van der Waals surface area contributed by atoms with Crippen LogP contribution in [0, 0.1) is 5.41 Å². The van der Waals surface area contributed by atoms with Crippen LogP contribution >= 0.6 is 0 Å². The summed E-state index contributed by atoms with van der Waals surface area (Å²) in [5.41, 5.74) is -0.905. The molecule has 0 aromatic heterocycles. The predicted octanol–water partition coefficient (Wildman–Crippen LogP) is 1.25. The van der Waals surface area contributed by atoms with Gasteiger partial charge in [-0.15, -0.1) is 0 Å². The van der Waals surface area contributed by atoms with Gasteiger partial charge in [0, 0.05) is 20.0 Å². The van der Waals surface area contributed by atoms with Crippen LogP contribution in [0.15, 0.2) is 0 Å². The van der Waals surface area contributed by atoms with Crippen molar-refractivity contribution in [3.05, 3.63) is 0 Å². The third-order valence-electron chi connectivity index (χ3n) is 1.90. The molecule has 11 heavy (non-hydrogen) atoms. The fraction of sp³-hybridized carbons (Fsp3) is 0.857. The minimum Gasteiger partial charge on any atom is -0.384 e. The van der Waals surface area contributed by atoms with E-state index < -0.39 is 11.3 Å². The van der Waals surface area contributed by atoms with Crippen LogP contribution in [0.4, 0.5) is 8.78 Å². The summed E-state index contributed by atoms with van der Waals surface area (Å²) in [6, 6.07) is 0. The minimum atomic E-state index is -2.65. The minimum absolute atomic E-state index is 0.103. The molecule has 1 saturated carbocycles. The molecule has 1 aliphatic carbocycles.